The topological polar surface area (TPSA) is 75.7 Å². The van der Waals surface area contributed by atoms with Gasteiger partial charge in [-0.2, -0.15) is 0 Å². The van der Waals surface area contributed by atoms with Crippen molar-refractivity contribution in [2.45, 2.75) is 37.8 Å². The Kier molecular flexibility index (Phi) is 8.31. The van der Waals surface area contributed by atoms with Crippen LogP contribution in [0.4, 0.5) is 0 Å². The number of ether oxygens (including phenoxy) is 1. The number of nitrogens with two attached hydrogens (primary N) is 1. The van der Waals surface area contributed by atoms with Crippen molar-refractivity contribution in [1.82, 2.24) is 0 Å². The third kappa shape index (κ3) is 6.06. The predicted octanol–water partition coefficient (Wildman–Crippen LogP) is 5.04. The highest BCUT2D eigenvalue weighted by Gasteiger charge is 2.23. The molecule has 0 saturated heterocycles. The summed E-state index contributed by atoms with van der Waals surface area (Å²) < 4.78 is 6.03. The third-order valence-electron chi connectivity index (χ3n) is 5.23. The predicted molar refractivity (Wildman–Crippen MR) is 124 cm³/mol. The van der Waals surface area contributed by atoms with Gasteiger partial charge in [0.1, 0.15) is 12.4 Å². The van der Waals surface area contributed by atoms with Crippen molar-refractivity contribution in [3.05, 3.63) is 76.1 Å². The van der Waals surface area contributed by atoms with Gasteiger partial charge in [0.25, 0.3) is 0 Å². The van der Waals surface area contributed by atoms with Gasteiger partial charge in [-0.05, 0) is 59.9 Å². The van der Waals surface area contributed by atoms with Crippen LogP contribution in [0.3, 0.4) is 0 Å². The van der Waals surface area contributed by atoms with E-state index in [0.29, 0.717) is 24.5 Å². The van der Waals surface area contributed by atoms with Gasteiger partial charge in [0.05, 0.1) is 11.5 Å². The molecule has 4 N–H and O–H groups in total. The second-order valence-corrected chi connectivity index (χ2v) is 8.87. The van der Waals surface area contributed by atoms with Crippen molar-refractivity contribution >= 4 is 22.9 Å². The molecule has 4 nitrogen and oxygen atoms in total. The van der Waals surface area contributed by atoms with Gasteiger partial charge in [-0.25, -0.2) is 0 Å². The van der Waals surface area contributed by atoms with Crippen LogP contribution >= 0.6 is 22.9 Å². The van der Waals surface area contributed by atoms with Crippen molar-refractivity contribution in [2.75, 3.05) is 13.2 Å². The molecule has 30 heavy (non-hydrogen) atoms. The summed E-state index contributed by atoms with van der Waals surface area (Å²) in [4.78, 5) is 1.06. The highest BCUT2D eigenvalue weighted by molar-refractivity contribution is 7.14. The number of thiophene rings is 1. The standard InChI is InChI=1S/C24H28ClNO3S/c25-21-15-20(9-8-19(21)7-4-11-24(26,17-28)12-13-27)23-22(10-14-30-23)29-16-18-5-2-1-3-6-18/h1-3,5-6,8-10,14-15,27-28H,4,7,11-13,16-17,26H2. The highest BCUT2D eigenvalue weighted by Crippen LogP contribution is 2.38. The molecule has 0 fully saturated rings. The number of aryl methyl sites for hydroxylation is 1. The lowest BCUT2D eigenvalue weighted by Crippen LogP contribution is -2.44. The lowest BCUT2D eigenvalue weighted by Gasteiger charge is -2.26. The van der Waals surface area contributed by atoms with Crippen molar-refractivity contribution in [3.8, 4) is 16.2 Å². The van der Waals surface area contributed by atoms with Gasteiger partial charge in [-0.3, -0.25) is 0 Å². The number of hydrogen-bond acceptors (Lipinski definition) is 5. The van der Waals surface area contributed by atoms with Crippen LogP contribution in [0, 0.1) is 0 Å². The smallest absolute Gasteiger partial charge is 0.138 e. The van der Waals surface area contributed by atoms with Crippen LogP contribution in [0.2, 0.25) is 5.02 Å². The molecule has 0 radical (unpaired) electrons. The van der Waals surface area contributed by atoms with E-state index in [4.69, 9.17) is 27.2 Å². The Morgan fingerprint density at radius 2 is 1.83 bits per heavy atom. The molecule has 0 saturated carbocycles. The first-order valence-corrected chi connectivity index (χ1v) is 11.3. The minimum absolute atomic E-state index is 0.0258. The van der Waals surface area contributed by atoms with E-state index in [9.17, 15) is 5.11 Å². The number of rotatable bonds is 11. The van der Waals surface area contributed by atoms with Crippen LogP contribution in [0.25, 0.3) is 10.4 Å². The number of aliphatic hydroxyl groups is 2. The first kappa shape index (κ1) is 22.8. The largest absolute Gasteiger partial charge is 0.487 e. The molecule has 0 amide bonds. The van der Waals surface area contributed by atoms with E-state index in [1.54, 1.807) is 11.3 Å². The molecule has 0 spiro atoms. The normalized spacial score (nSPS) is 13.2. The molecule has 0 aliphatic carbocycles. The fourth-order valence-electron chi connectivity index (χ4n) is 3.38. The van der Waals surface area contributed by atoms with Crippen LogP contribution in [-0.2, 0) is 13.0 Å². The van der Waals surface area contributed by atoms with E-state index in [1.165, 1.54) is 0 Å². The average molecular weight is 446 g/mol. The lowest BCUT2D eigenvalue weighted by molar-refractivity contribution is 0.147. The first-order valence-electron chi connectivity index (χ1n) is 10.1. The Bertz CT molecular complexity index is 931. The van der Waals surface area contributed by atoms with Crippen molar-refractivity contribution < 1.29 is 14.9 Å². The van der Waals surface area contributed by atoms with Crippen LogP contribution in [0.5, 0.6) is 5.75 Å². The number of aliphatic hydroxyl groups excluding tert-OH is 2. The number of halogens is 1. The summed E-state index contributed by atoms with van der Waals surface area (Å²) in [5.41, 5.74) is 8.61. The minimum Gasteiger partial charge on any atom is -0.487 e. The molecule has 1 heterocycles. The van der Waals surface area contributed by atoms with Gasteiger partial charge < -0.3 is 20.7 Å². The molecule has 1 unspecified atom stereocenters. The van der Waals surface area contributed by atoms with Gasteiger partial charge in [0, 0.05) is 17.2 Å². The lowest BCUT2D eigenvalue weighted by atomic mass is 9.90. The SMILES string of the molecule is NC(CO)(CCO)CCCc1ccc(-c2sccc2OCc2ccccc2)cc1Cl. The molecule has 0 bridgehead atoms. The number of hydrogen-bond donors (Lipinski definition) is 3. The maximum atomic E-state index is 9.48. The van der Waals surface area contributed by atoms with E-state index in [1.807, 2.05) is 53.9 Å². The Morgan fingerprint density at radius 1 is 1.03 bits per heavy atom. The number of benzene rings is 2. The molecule has 1 aromatic heterocycles. The van der Waals surface area contributed by atoms with E-state index >= 15 is 0 Å². The monoisotopic (exact) mass is 445 g/mol. The summed E-state index contributed by atoms with van der Waals surface area (Å²) in [5.74, 6) is 0.854. The van der Waals surface area contributed by atoms with Gasteiger partial charge in [-0.15, -0.1) is 11.3 Å². The zero-order valence-electron chi connectivity index (χ0n) is 16.9. The van der Waals surface area contributed by atoms with E-state index < -0.39 is 5.54 Å². The second-order valence-electron chi connectivity index (χ2n) is 7.54. The summed E-state index contributed by atoms with van der Waals surface area (Å²) >= 11 is 8.19. The third-order valence-corrected chi connectivity index (χ3v) is 6.52. The molecular formula is C24H28ClNO3S. The quantitative estimate of drug-likeness (QED) is 0.386. The van der Waals surface area contributed by atoms with E-state index in [2.05, 4.69) is 6.07 Å². The average Bonchev–Trinajstić information content (AvgIpc) is 3.23. The summed E-state index contributed by atoms with van der Waals surface area (Å²) in [6.45, 7) is 0.363. The Morgan fingerprint density at radius 3 is 2.53 bits per heavy atom. The van der Waals surface area contributed by atoms with Crippen LogP contribution in [0.15, 0.2) is 60.0 Å². The summed E-state index contributed by atoms with van der Waals surface area (Å²) in [6.07, 6.45) is 2.58. The summed E-state index contributed by atoms with van der Waals surface area (Å²) in [7, 11) is 0. The molecule has 1 atom stereocenters. The maximum Gasteiger partial charge on any atom is 0.138 e. The van der Waals surface area contributed by atoms with Gasteiger partial charge in [0.15, 0.2) is 0 Å². The maximum absolute atomic E-state index is 9.48. The highest BCUT2D eigenvalue weighted by atomic mass is 35.5. The fourth-order valence-corrected chi connectivity index (χ4v) is 4.49. The molecular weight excluding hydrogens is 418 g/mol. The van der Waals surface area contributed by atoms with Crippen molar-refractivity contribution in [2.24, 2.45) is 5.73 Å². The van der Waals surface area contributed by atoms with Crippen molar-refractivity contribution in [3.63, 3.8) is 0 Å². The van der Waals surface area contributed by atoms with E-state index in [-0.39, 0.29) is 13.2 Å². The van der Waals surface area contributed by atoms with Gasteiger partial charge in [-0.1, -0.05) is 54.1 Å². The fraction of sp³-hybridized carbons (Fsp3) is 0.333. The first-order chi connectivity index (χ1) is 14.5. The minimum atomic E-state index is -0.733. The molecule has 6 heteroatoms. The second kappa shape index (κ2) is 10.9. The Balaban J connectivity index is 1.64. The Labute approximate surface area is 186 Å². The summed E-state index contributed by atoms with van der Waals surface area (Å²) in [6, 6.07) is 18.2. The zero-order chi connectivity index (χ0) is 21.4. The molecule has 3 rings (SSSR count). The van der Waals surface area contributed by atoms with Crippen LogP contribution in [-0.4, -0.2) is 29.0 Å². The molecule has 3 aromatic rings. The summed E-state index contributed by atoms with van der Waals surface area (Å²) in [5, 5.41) is 21.3. The van der Waals surface area contributed by atoms with Gasteiger partial charge in [0.2, 0.25) is 0 Å². The molecule has 2 aromatic carbocycles. The Hall–Kier alpha value is -1.89. The van der Waals surface area contributed by atoms with Crippen LogP contribution < -0.4 is 10.5 Å². The molecule has 0 aliphatic heterocycles. The van der Waals surface area contributed by atoms with Crippen LogP contribution in [0.1, 0.15) is 30.4 Å². The van der Waals surface area contributed by atoms with Crippen molar-refractivity contribution in [1.29, 1.82) is 0 Å². The molecule has 160 valence electrons. The van der Waals surface area contributed by atoms with E-state index in [0.717, 1.165) is 40.2 Å². The molecule has 0 aliphatic rings. The van der Waals surface area contributed by atoms with Gasteiger partial charge >= 0.3 is 0 Å². The zero-order valence-corrected chi connectivity index (χ0v) is 18.5.